The molecule has 1 heterocycles. The van der Waals surface area contributed by atoms with Crippen molar-refractivity contribution in [2.45, 2.75) is 12.5 Å². The van der Waals surface area contributed by atoms with Gasteiger partial charge in [-0.3, -0.25) is 0 Å². The molecule has 2 aromatic rings. The lowest BCUT2D eigenvalue weighted by Gasteiger charge is -2.11. The van der Waals surface area contributed by atoms with Gasteiger partial charge in [0.1, 0.15) is 11.6 Å². The van der Waals surface area contributed by atoms with Crippen molar-refractivity contribution < 1.29 is 13.9 Å². The van der Waals surface area contributed by atoms with E-state index in [0.29, 0.717) is 5.56 Å². The molecule has 0 saturated heterocycles. The van der Waals surface area contributed by atoms with Crippen LogP contribution in [0, 0.1) is 14.5 Å². The molecule has 0 aliphatic heterocycles. The Morgan fingerprint density at radius 2 is 2.11 bits per heavy atom. The van der Waals surface area contributed by atoms with Gasteiger partial charge in [-0.25, -0.2) is 8.78 Å². The van der Waals surface area contributed by atoms with Gasteiger partial charge in [0.15, 0.2) is 0 Å². The van der Waals surface area contributed by atoms with E-state index >= 15 is 0 Å². The Labute approximate surface area is 129 Å². The third kappa shape index (κ3) is 3.09. The molecule has 1 aromatic carbocycles. The van der Waals surface area contributed by atoms with Crippen LogP contribution in [-0.4, -0.2) is 5.11 Å². The van der Waals surface area contributed by atoms with Crippen LogP contribution in [0.15, 0.2) is 28.1 Å². The lowest BCUT2D eigenvalue weighted by Crippen LogP contribution is -2.05. The molecule has 2 rings (SSSR count). The van der Waals surface area contributed by atoms with Crippen molar-refractivity contribution in [2.24, 2.45) is 0 Å². The summed E-state index contributed by atoms with van der Waals surface area (Å²) in [6.07, 6.45) is -0.979. The van der Waals surface area contributed by atoms with E-state index in [1.807, 2.05) is 6.07 Å². The van der Waals surface area contributed by atoms with E-state index in [9.17, 15) is 13.9 Å². The van der Waals surface area contributed by atoms with Gasteiger partial charge in [-0.2, -0.15) is 0 Å². The molecule has 0 saturated carbocycles. The van der Waals surface area contributed by atoms with Gasteiger partial charge in [0.2, 0.25) is 0 Å². The number of hydrogen-bond acceptors (Lipinski definition) is 2. The number of hydrogen-bond donors (Lipinski definition) is 1. The van der Waals surface area contributed by atoms with E-state index in [1.54, 1.807) is 5.38 Å². The molecule has 0 bridgehead atoms. The minimum Gasteiger partial charge on any atom is -0.388 e. The van der Waals surface area contributed by atoms with Gasteiger partial charge >= 0.3 is 0 Å². The summed E-state index contributed by atoms with van der Waals surface area (Å²) in [4.78, 5) is 0. The number of thiophene rings is 1. The summed E-state index contributed by atoms with van der Waals surface area (Å²) in [5.74, 6) is -1.29. The largest absolute Gasteiger partial charge is 0.388 e. The normalized spacial score (nSPS) is 12.7. The summed E-state index contributed by atoms with van der Waals surface area (Å²) >= 11 is 6.63. The Morgan fingerprint density at radius 1 is 1.39 bits per heavy atom. The molecule has 0 aliphatic rings. The summed E-state index contributed by atoms with van der Waals surface area (Å²) in [5, 5.41) is 11.8. The first kappa shape index (κ1) is 14.4. The van der Waals surface area contributed by atoms with Gasteiger partial charge < -0.3 is 5.11 Å². The van der Waals surface area contributed by atoms with Crippen molar-refractivity contribution in [3.05, 3.63) is 53.7 Å². The van der Waals surface area contributed by atoms with Crippen LogP contribution in [0.2, 0.25) is 0 Å². The van der Waals surface area contributed by atoms with Crippen molar-refractivity contribution in [3.8, 4) is 0 Å². The van der Waals surface area contributed by atoms with Crippen LogP contribution < -0.4 is 0 Å². The highest BCUT2D eigenvalue weighted by molar-refractivity contribution is 14.1. The summed E-state index contributed by atoms with van der Waals surface area (Å²) in [6.45, 7) is 0. The maximum Gasteiger partial charge on any atom is 0.143 e. The topological polar surface area (TPSA) is 20.2 Å². The minimum absolute atomic E-state index is 0.0794. The Kier molecular flexibility index (Phi) is 4.74. The molecule has 1 nitrogen and oxygen atoms in total. The molecule has 0 amide bonds. The summed E-state index contributed by atoms with van der Waals surface area (Å²) in [7, 11) is 0. The first-order valence-corrected chi connectivity index (χ1v) is 7.78. The van der Waals surface area contributed by atoms with Crippen molar-refractivity contribution in [2.75, 3.05) is 0 Å². The van der Waals surface area contributed by atoms with Crippen LogP contribution in [0.4, 0.5) is 8.78 Å². The smallest absolute Gasteiger partial charge is 0.143 e. The van der Waals surface area contributed by atoms with Crippen molar-refractivity contribution in [1.29, 1.82) is 0 Å². The molecule has 0 fully saturated rings. The Bertz CT molecular complexity index is 573. The first-order valence-electron chi connectivity index (χ1n) is 5.03. The summed E-state index contributed by atoms with van der Waals surface area (Å²) < 4.78 is 28.5. The van der Waals surface area contributed by atoms with Crippen LogP contribution in [0.1, 0.15) is 17.2 Å². The molecule has 96 valence electrons. The van der Waals surface area contributed by atoms with Gasteiger partial charge in [0.05, 0.1) is 13.5 Å². The van der Waals surface area contributed by atoms with Crippen LogP contribution in [0.3, 0.4) is 0 Å². The van der Waals surface area contributed by atoms with Crippen LogP contribution in [0.25, 0.3) is 0 Å². The molecule has 0 spiro atoms. The molecule has 1 unspecified atom stereocenters. The average molecular weight is 445 g/mol. The third-order valence-corrected chi connectivity index (χ3v) is 4.93. The fourth-order valence-electron chi connectivity index (χ4n) is 1.57. The van der Waals surface area contributed by atoms with E-state index in [0.717, 1.165) is 2.88 Å². The summed E-state index contributed by atoms with van der Waals surface area (Å²) in [5.41, 5.74) is 0.584. The summed E-state index contributed by atoms with van der Waals surface area (Å²) in [6, 6.07) is 4.31. The van der Waals surface area contributed by atoms with E-state index in [2.05, 4.69) is 38.5 Å². The minimum atomic E-state index is -0.900. The third-order valence-electron chi connectivity index (χ3n) is 2.51. The van der Waals surface area contributed by atoms with Crippen molar-refractivity contribution in [3.63, 3.8) is 0 Å². The first-order chi connectivity index (χ1) is 8.49. The fraction of sp³-hybridized carbons (Fsp3) is 0.167. The van der Waals surface area contributed by atoms with Gasteiger partial charge in [0, 0.05) is 12.0 Å². The molecule has 0 radical (unpaired) electrons. The highest BCUT2D eigenvalue weighted by Crippen LogP contribution is 2.28. The predicted octanol–water partition coefficient (Wildman–Crippen LogP) is 4.67. The second kappa shape index (κ2) is 5.94. The lowest BCUT2D eigenvalue weighted by atomic mass is 10.0. The zero-order valence-corrected chi connectivity index (χ0v) is 13.5. The second-order valence-electron chi connectivity index (χ2n) is 3.73. The van der Waals surface area contributed by atoms with E-state index < -0.39 is 17.7 Å². The van der Waals surface area contributed by atoms with Gasteiger partial charge in [-0.15, -0.1) is 11.3 Å². The SMILES string of the molecule is OC(Cc1c(F)ccc(Br)c1F)c1csc(I)c1. The molecule has 1 N–H and O–H groups in total. The quantitative estimate of drug-likeness (QED) is 0.538. The standard InChI is InChI=1S/C12H8BrF2IOS/c13-8-1-2-9(14)7(12(8)15)4-10(17)6-3-11(16)18-5-6/h1-3,5,10,17H,4H2. The number of rotatable bonds is 3. The van der Waals surface area contributed by atoms with Gasteiger partial charge in [-0.05, 0) is 67.7 Å². The number of halogens is 4. The molecule has 18 heavy (non-hydrogen) atoms. The zero-order valence-electron chi connectivity index (χ0n) is 8.96. The molecule has 1 aromatic heterocycles. The zero-order chi connectivity index (χ0) is 13.3. The maximum absolute atomic E-state index is 13.7. The number of aliphatic hydroxyl groups excluding tert-OH is 1. The van der Waals surface area contributed by atoms with Crippen molar-refractivity contribution in [1.82, 2.24) is 0 Å². The van der Waals surface area contributed by atoms with E-state index in [-0.39, 0.29) is 16.5 Å². The highest BCUT2D eigenvalue weighted by atomic mass is 127. The average Bonchev–Trinajstić information content (AvgIpc) is 2.76. The molecular weight excluding hydrogens is 437 g/mol. The second-order valence-corrected chi connectivity index (χ2v) is 7.39. The van der Waals surface area contributed by atoms with Crippen LogP contribution in [0.5, 0.6) is 0 Å². The Hall–Kier alpha value is -0.0500. The number of aliphatic hydroxyl groups is 1. The molecule has 0 aliphatic carbocycles. The monoisotopic (exact) mass is 444 g/mol. The van der Waals surface area contributed by atoms with Gasteiger partial charge in [0.25, 0.3) is 0 Å². The van der Waals surface area contributed by atoms with Crippen molar-refractivity contribution >= 4 is 49.9 Å². The van der Waals surface area contributed by atoms with Crippen LogP contribution in [-0.2, 0) is 6.42 Å². The highest BCUT2D eigenvalue weighted by Gasteiger charge is 2.18. The van der Waals surface area contributed by atoms with E-state index in [4.69, 9.17) is 0 Å². The van der Waals surface area contributed by atoms with Gasteiger partial charge in [-0.1, -0.05) is 0 Å². The fourth-order valence-corrected chi connectivity index (χ4v) is 3.36. The lowest BCUT2D eigenvalue weighted by molar-refractivity contribution is 0.176. The Morgan fingerprint density at radius 3 is 2.72 bits per heavy atom. The van der Waals surface area contributed by atoms with E-state index in [1.165, 1.54) is 23.5 Å². The number of benzene rings is 1. The molecule has 1 atom stereocenters. The maximum atomic E-state index is 13.7. The molecule has 6 heteroatoms. The molecular formula is C12H8BrF2IOS. The van der Waals surface area contributed by atoms with Crippen LogP contribution >= 0.6 is 49.9 Å². The predicted molar refractivity (Wildman–Crippen MR) is 79.8 cm³/mol. The Balaban J connectivity index is 2.27.